The van der Waals surface area contributed by atoms with E-state index < -0.39 is 6.61 Å². The zero-order chi connectivity index (χ0) is 18.9. The van der Waals surface area contributed by atoms with Crippen molar-refractivity contribution in [3.05, 3.63) is 59.7 Å². The molecular weight excluding hydrogens is 360 g/mol. The van der Waals surface area contributed by atoms with E-state index in [1.807, 2.05) is 37.3 Å². The van der Waals surface area contributed by atoms with Crippen LogP contribution in [0.25, 0.3) is 0 Å². The van der Waals surface area contributed by atoms with Crippen LogP contribution in [-0.4, -0.2) is 24.9 Å². The minimum absolute atomic E-state index is 0.00935. The van der Waals surface area contributed by atoms with Gasteiger partial charge in [0.25, 0.3) is 0 Å². The van der Waals surface area contributed by atoms with Gasteiger partial charge in [-0.05, 0) is 30.2 Å². The van der Waals surface area contributed by atoms with Gasteiger partial charge in [-0.1, -0.05) is 36.4 Å². The SMILES string of the molecule is COc1cc(CS[C@@H](C)C(=O)NCc2ccccc2)ccc1OC(F)F. The molecule has 0 bridgehead atoms. The smallest absolute Gasteiger partial charge is 0.387 e. The molecule has 1 amide bonds. The van der Waals surface area contributed by atoms with Gasteiger partial charge in [0.2, 0.25) is 5.91 Å². The van der Waals surface area contributed by atoms with Crippen LogP contribution in [0.15, 0.2) is 48.5 Å². The largest absolute Gasteiger partial charge is 0.493 e. The molecule has 0 fully saturated rings. The molecule has 2 rings (SSSR count). The minimum atomic E-state index is -2.91. The molecule has 1 N–H and O–H groups in total. The van der Waals surface area contributed by atoms with Crippen molar-refractivity contribution in [1.82, 2.24) is 5.32 Å². The molecule has 0 saturated carbocycles. The van der Waals surface area contributed by atoms with Crippen LogP contribution in [-0.2, 0) is 17.1 Å². The van der Waals surface area contributed by atoms with Crippen LogP contribution >= 0.6 is 11.8 Å². The van der Waals surface area contributed by atoms with Crippen molar-refractivity contribution in [3.8, 4) is 11.5 Å². The second-order valence-electron chi connectivity index (χ2n) is 5.52. The standard InChI is InChI=1S/C19H21F2NO3S/c1-13(18(23)22-11-14-6-4-3-5-7-14)26-12-15-8-9-16(25-19(20)21)17(10-15)24-2/h3-10,13,19H,11-12H2,1-2H3,(H,22,23)/t13-/m0/s1. The predicted molar refractivity (Wildman–Crippen MR) is 98.7 cm³/mol. The third kappa shape index (κ3) is 6.22. The van der Waals surface area contributed by atoms with Gasteiger partial charge >= 0.3 is 6.61 Å². The summed E-state index contributed by atoms with van der Waals surface area (Å²) >= 11 is 1.46. The first-order valence-corrected chi connectivity index (χ1v) is 9.09. The molecule has 2 aromatic carbocycles. The first-order chi connectivity index (χ1) is 12.5. The highest BCUT2D eigenvalue weighted by atomic mass is 32.2. The third-order valence-corrected chi connectivity index (χ3v) is 4.84. The highest BCUT2D eigenvalue weighted by molar-refractivity contribution is 7.99. The van der Waals surface area contributed by atoms with Gasteiger partial charge in [0, 0.05) is 12.3 Å². The van der Waals surface area contributed by atoms with Crippen molar-refractivity contribution < 1.29 is 23.0 Å². The number of alkyl halides is 2. The summed E-state index contributed by atoms with van der Waals surface area (Å²) < 4.78 is 34.2. The monoisotopic (exact) mass is 381 g/mol. The Bertz CT molecular complexity index is 713. The van der Waals surface area contributed by atoms with Crippen molar-refractivity contribution in [2.75, 3.05) is 7.11 Å². The number of carbonyl (C=O) groups is 1. The number of benzene rings is 2. The van der Waals surface area contributed by atoms with Crippen LogP contribution in [0.5, 0.6) is 11.5 Å². The van der Waals surface area contributed by atoms with E-state index in [0.29, 0.717) is 12.3 Å². The second-order valence-corrected chi connectivity index (χ2v) is 6.85. The summed E-state index contributed by atoms with van der Waals surface area (Å²) in [6.45, 7) is -0.591. The molecule has 0 aliphatic carbocycles. The maximum atomic E-state index is 12.3. The summed E-state index contributed by atoms with van der Waals surface area (Å²) in [6.07, 6.45) is 0. The molecule has 26 heavy (non-hydrogen) atoms. The maximum Gasteiger partial charge on any atom is 0.387 e. The lowest BCUT2D eigenvalue weighted by Gasteiger charge is -2.14. The van der Waals surface area contributed by atoms with Crippen molar-refractivity contribution in [2.24, 2.45) is 0 Å². The fourth-order valence-electron chi connectivity index (χ4n) is 2.22. The van der Waals surface area contributed by atoms with Crippen LogP contribution in [0.1, 0.15) is 18.1 Å². The first kappa shape index (κ1) is 20.0. The lowest BCUT2D eigenvalue weighted by molar-refractivity contribution is -0.120. The second kappa shape index (κ2) is 10.0. The molecule has 7 heteroatoms. The number of hydrogen-bond acceptors (Lipinski definition) is 4. The Morgan fingerprint density at radius 3 is 2.50 bits per heavy atom. The normalized spacial score (nSPS) is 11.9. The van der Waals surface area contributed by atoms with Crippen molar-refractivity contribution in [1.29, 1.82) is 0 Å². The topological polar surface area (TPSA) is 47.6 Å². The van der Waals surface area contributed by atoms with E-state index in [1.165, 1.54) is 24.9 Å². The van der Waals surface area contributed by atoms with E-state index in [9.17, 15) is 13.6 Å². The summed E-state index contributed by atoms with van der Waals surface area (Å²) in [5.74, 6) is 0.726. The number of halogens is 2. The third-order valence-electron chi connectivity index (χ3n) is 3.62. The van der Waals surface area contributed by atoms with E-state index in [0.717, 1.165) is 11.1 Å². The Hall–Kier alpha value is -2.28. The lowest BCUT2D eigenvalue weighted by Crippen LogP contribution is -2.30. The first-order valence-electron chi connectivity index (χ1n) is 8.04. The zero-order valence-electron chi connectivity index (χ0n) is 14.6. The summed E-state index contributed by atoms with van der Waals surface area (Å²) in [6, 6.07) is 14.4. The van der Waals surface area contributed by atoms with Crippen LogP contribution in [0, 0.1) is 0 Å². The highest BCUT2D eigenvalue weighted by Gasteiger charge is 2.15. The predicted octanol–water partition coefficient (Wildman–Crippen LogP) is 4.23. The molecule has 0 saturated heterocycles. The molecule has 4 nitrogen and oxygen atoms in total. The van der Waals surface area contributed by atoms with Gasteiger partial charge in [-0.15, -0.1) is 11.8 Å². The van der Waals surface area contributed by atoms with E-state index in [1.54, 1.807) is 12.1 Å². The molecule has 0 heterocycles. The number of carbonyl (C=O) groups excluding carboxylic acids is 1. The number of thioether (sulfide) groups is 1. The van der Waals surface area contributed by atoms with E-state index in [4.69, 9.17) is 4.74 Å². The van der Waals surface area contributed by atoms with Crippen LogP contribution in [0.4, 0.5) is 8.78 Å². The Labute approximate surface area is 155 Å². The van der Waals surface area contributed by atoms with E-state index in [-0.39, 0.29) is 22.7 Å². The molecule has 140 valence electrons. The molecule has 0 aliphatic rings. The molecule has 0 radical (unpaired) electrons. The summed E-state index contributed by atoms with van der Waals surface area (Å²) in [5, 5.41) is 2.65. The number of amides is 1. The fourth-order valence-corrected chi connectivity index (χ4v) is 3.08. The zero-order valence-corrected chi connectivity index (χ0v) is 15.4. The van der Waals surface area contributed by atoms with E-state index >= 15 is 0 Å². The van der Waals surface area contributed by atoms with Gasteiger partial charge in [0.15, 0.2) is 11.5 Å². The van der Waals surface area contributed by atoms with Crippen molar-refractivity contribution >= 4 is 17.7 Å². The van der Waals surface area contributed by atoms with Gasteiger partial charge in [-0.25, -0.2) is 0 Å². The number of ether oxygens (including phenoxy) is 2. The van der Waals surface area contributed by atoms with Crippen LogP contribution in [0.3, 0.4) is 0 Å². The molecule has 1 atom stereocenters. The molecule has 0 spiro atoms. The molecule has 0 unspecified atom stereocenters. The minimum Gasteiger partial charge on any atom is -0.493 e. The number of nitrogens with one attached hydrogen (secondary N) is 1. The average molecular weight is 381 g/mol. The van der Waals surface area contributed by atoms with Crippen molar-refractivity contribution in [3.63, 3.8) is 0 Å². The Morgan fingerprint density at radius 2 is 1.85 bits per heavy atom. The maximum absolute atomic E-state index is 12.3. The summed E-state index contributed by atoms with van der Waals surface area (Å²) in [4.78, 5) is 12.2. The van der Waals surface area contributed by atoms with Gasteiger partial charge in [0.1, 0.15) is 0 Å². The Kier molecular flexibility index (Phi) is 7.72. The van der Waals surface area contributed by atoms with Crippen molar-refractivity contribution in [2.45, 2.75) is 31.1 Å². The summed E-state index contributed by atoms with van der Waals surface area (Å²) in [7, 11) is 1.39. The molecule has 0 aromatic heterocycles. The quantitative estimate of drug-likeness (QED) is 0.706. The Balaban J connectivity index is 1.86. The molecule has 0 aliphatic heterocycles. The van der Waals surface area contributed by atoms with Crippen LogP contribution < -0.4 is 14.8 Å². The number of methoxy groups -OCH3 is 1. The highest BCUT2D eigenvalue weighted by Crippen LogP contribution is 2.31. The summed E-state index contributed by atoms with van der Waals surface area (Å²) in [5.41, 5.74) is 1.90. The molecular formula is C19H21F2NO3S. The molecule has 2 aromatic rings. The van der Waals surface area contributed by atoms with Gasteiger partial charge in [-0.3, -0.25) is 4.79 Å². The number of hydrogen-bond donors (Lipinski definition) is 1. The fraction of sp³-hybridized carbons (Fsp3) is 0.316. The van der Waals surface area contributed by atoms with Gasteiger partial charge < -0.3 is 14.8 Å². The van der Waals surface area contributed by atoms with E-state index in [2.05, 4.69) is 10.1 Å². The number of rotatable bonds is 9. The lowest BCUT2D eigenvalue weighted by atomic mass is 10.2. The van der Waals surface area contributed by atoms with Gasteiger partial charge in [0.05, 0.1) is 12.4 Å². The average Bonchev–Trinajstić information content (AvgIpc) is 2.65. The Morgan fingerprint density at radius 1 is 1.12 bits per heavy atom. The van der Waals surface area contributed by atoms with Crippen LogP contribution in [0.2, 0.25) is 0 Å². The van der Waals surface area contributed by atoms with Gasteiger partial charge in [-0.2, -0.15) is 8.78 Å².